The summed E-state index contributed by atoms with van der Waals surface area (Å²) < 4.78 is 6.01. The Morgan fingerprint density at radius 1 is 1.27 bits per heavy atom. The van der Waals surface area contributed by atoms with E-state index >= 15 is 0 Å². The largest absolute Gasteiger partial charge is 0.368 e. The smallest absolute Gasteiger partial charge is 0.319 e. The fraction of sp³-hybridized carbons (Fsp3) is 0.867. The van der Waals surface area contributed by atoms with Gasteiger partial charge in [-0.05, 0) is 18.8 Å². The number of amides is 3. The van der Waals surface area contributed by atoms with Gasteiger partial charge in [-0.1, -0.05) is 0 Å². The first-order valence-electron chi connectivity index (χ1n) is 8.00. The average Bonchev–Trinajstić information content (AvgIpc) is 3.27. The van der Waals surface area contributed by atoms with Crippen LogP contribution in [-0.4, -0.2) is 92.2 Å². The van der Waals surface area contributed by atoms with E-state index in [2.05, 4.69) is 10.2 Å². The zero-order chi connectivity index (χ0) is 15.9. The van der Waals surface area contributed by atoms with Crippen LogP contribution in [0, 0.1) is 5.92 Å². The van der Waals surface area contributed by atoms with Crippen LogP contribution in [-0.2, 0) is 9.53 Å². The van der Waals surface area contributed by atoms with E-state index in [-0.39, 0.29) is 23.6 Å². The number of nitrogens with zero attached hydrogens (tertiary/aromatic N) is 3. The fourth-order valence-corrected chi connectivity index (χ4v) is 3.38. The van der Waals surface area contributed by atoms with Crippen molar-refractivity contribution in [1.29, 1.82) is 0 Å². The van der Waals surface area contributed by atoms with Gasteiger partial charge in [-0.25, -0.2) is 4.79 Å². The number of carbonyl (C=O) groups is 2. The van der Waals surface area contributed by atoms with E-state index in [4.69, 9.17) is 4.74 Å². The van der Waals surface area contributed by atoms with E-state index in [0.717, 1.165) is 19.0 Å². The van der Waals surface area contributed by atoms with E-state index in [1.54, 1.807) is 30.9 Å². The van der Waals surface area contributed by atoms with Gasteiger partial charge in [0.25, 0.3) is 0 Å². The highest BCUT2D eigenvalue weighted by Crippen LogP contribution is 2.35. The number of morpholine rings is 1. The quantitative estimate of drug-likeness (QED) is 0.769. The number of ether oxygens (including phenoxy) is 1. The molecule has 1 atom stereocenters. The van der Waals surface area contributed by atoms with Crippen molar-refractivity contribution in [3.8, 4) is 0 Å². The van der Waals surface area contributed by atoms with Gasteiger partial charge in [0.1, 0.15) is 11.6 Å². The second-order valence-corrected chi connectivity index (χ2v) is 7.03. The summed E-state index contributed by atoms with van der Waals surface area (Å²) in [4.78, 5) is 29.7. The van der Waals surface area contributed by atoms with Crippen molar-refractivity contribution in [2.45, 2.75) is 24.5 Å². The molecule has 0 bridgehead atoms. The Balaban J connectivity index is 1.62. The van der Waals surface area contributed by atoms with E-state index in [9.17, 15) is 9.59 Å². The number of hydrogen-bond acceptors (Lipinski definition) is 4. The van der Waals surface area contributed by atoms with Crippen LogP contribution in [0.3, 0.4) is 0 Å². The summed E-state index contributed by atoms with van der Waals surface area (Å²) in [7, 11) is 5.19. The molecule has 3 fully saturated rings. The van der Waals surface area contributed by atoms with Gasteiger partial charge in [-0.3, -0.25) is 9.69 Å². The molecule has 1 spiro atoms. The highest BCUT2D eigenvalue weighted by atomic mass is 16.5. The van der Waals surface area contributed by atoms with Crippen LogP contribution in [0.15, 0.2) is 0 Å². The Morgan fingerprint density at radius 3 is 2.50 bits per heavy atom. The second kappa shape index (κ2) is 5.70. The summed E-state index contributed by atoms with van der Waals surface area (Å²) in [5.74, 6) is 0.748. The van der Waals surface area contributed by atoms with Gasteiger partial charge in [-0.2, -0.15) is 0 Å². The van der Waals surface area contributed by atoms with Gasteiger partial charge in [0, 0.05) is 34.2 Å². The molecule has 3 amide bonds. The molecule has 1 N–H and O–H groups in total. The number of hydrogen-bond donors (Lipinski definition) is 1. The first kappa shape index (κ1) is 15.6. The number of nitrogens with one attached hydrogen (secondary N) is 1. The Kier molecular flexibility index (Phi) is 4.03. The Labute approximate surface area is 131 Å². The highest BCUT2D eigenvalue weighted by molar-refractivity contribution is 5.81. The maximum atomic E-state index is 12.1. The molecule has 0 radical (unpaired) electrons. The SMILES string of the molecule is CNC(=O)[C@@H]1COC2(CN(C(=O)N(C)C)C2)CN1CC1CC1. The lowest BCUT2D eigenvalue weighted by Crippen LogP contribution is -2.74. The minimum atomic E-state index is -0.287. The molecule has 1 saturated carbocycles. The van der Waals surface area contributed by atoms with Crippen molar-refractivity contribution in [3.63, 3.8) is 0 Å². The molecule has 0 unspecified atom stereocenters. The molecule has 2 saturated heterocycles. The minimum Gasteiger partial charge on any atom is -0.368 e. The first-order chi connectivity index (χ1) is 10.4. The monoisotopic (exact) mass is 310 g/mol. The molecular weight excluding hydrogens is 284 g/mol. The predicted octanol–water partition coefficient (Wildman–Crippen LogP) is -0.421. The summed E-state index contributed by atoms with van der Waals surface area (Å²) in [6.07, 6.45) is 2.52. The van der Waals surface area contributed by atoms with Crippen LogP contribution >= 0.6 is 0 Å². The van der Waals surface area contributed by atoms with Crippen LogP contribution in [0.5, 0.6) is 0 Å². The molecule has 3 rings (SSSR count). The van der Waals surface area contributed by atoms with Crippen LogP contribution < -0.4 is 5.32 Å². The Hall–Kier alpha value is -1.34. The summed E-state index contributed by atoms with van der Waals surface area (Å²) in [5.41, 5.74) is -0.287. The summed E-state index contributed by atoms with van der Waals surface area (Å²) in [5, 5.41) is 2.73. The average molecular weight is 310 g/mol. The van der Waals surface area contributed by atoms with Gasteiger partial charge in [0.15, 0.2) is 0 Å². The van der Waals surface area contributed by atoms with E-state index < -0.39 is 0 Å². The summed E-state index contributed by atoms with van der Waals surface area (Å²) >= 11 is 0. The van der Waals surface area contributed by atoms with Crippen LogP contribution in [0.25, 0.3) is 0 Å². The zero-order valence-electron chi connectivity index (χ0n) is 13.7. The lowest BCUT2D eigenvalue weighted by Gasteiger charge is -2.55. The molecular formula is C15H26N4O3. The lowest BCUT2D eigenvalue weighted by atomic mass is 9.90. The van der Waals surface area contributed by atoms with Gasteiger partial charge in [0.05, 0.1) is 19.7 Å². The Morgan fingerprint density at radius 2 is 1.95 bits per heavy atom. The molecule has 2 heterocycles. The maximum Gasteiger partial charge on any atom is 0.319 e. The molecule has 0 aromatic heterocycles. The summed E-state index contributed by atoms with van der Waals surface area (Å²) in [6, 6.07) is -0.175. The van der Waals surface area contributed by atoms with Crippen LogP contribution in [0.2, 0.25) is 0 Å². The predicted molar refractivity (Wildman–Crippen MR) is 81.5 cm³/mol. The Bertz CT molecular complexity index is 458. The third-order valence-electron chi connectivity index (χ3n) is 4.83. The first-order valence-corrected chi connectivity index (χ1v) is 8.00. The highest BCUT2D eigenvalue weighted by Gasteiger charge is 2.52. The van der Waals surface area contributed by atoms with Gasteiger partial charge in [0.2, 0.25) is 5.91 Å². The van der Waals surface area contributed by atoms with Crippen molar-refractivity contribution in [3.05, 3.63) is 0 Å². The molecule has 0 aromatic carbocycles. The molecule has 124 valence electrons. The second-order valence-electron chi connectivity index (χ2n) is 7.03. The molecule has 22 heavy (non-hydrogen) atoms. The fourth-order valence-electron chi connectivity index (χ4n) is 3.38. The van der Waals surface area contributed by atoms with Crippen LogP contribution in [0.1, 0.15) is 12.8 Å². The van der Waals surface area contributed by atoms with Crippen LogP contribution in [0.4, 0.5) is 4.79 Å². The molecule has 7 heteroatoms. The van der Waals surface area contributed by atoms with Crippen molar-refractivity contribution in [2.75, 3.05) is 53.9 Å². The van der Waals surface area contributed by atoms with Crippen molar-refractivity contribution in [2.24, 2.45) is 5.92 Å². The summed E-state index contributed by atoms with van der Waals surface area (Å²) in [6.45, 7) is 3.34. The zero-order valence-corrected chi connectivity index (χ0v) is 13.7. The number of likely N-dealkylation sites (tertiary alicyclic amines) is 1. The van der Waals surface area contributed by atoms with E-state index in [0.29, 0.717) is 19.7 Å². The third kappa shape index (κ3) is 2.92. The standard InChI is InChI=1S/C15H26N4O3/c1-16-13(20)12-7-22-15(8-18(12)6-11-4-5-11)9-19(10-15)14(21)17(2)3/h11-12H,4-10H2,1-3H3,(H,16,20)/t12-/m0/s1. The number of likely N-dealkylation sites (N-methyl/N-ethyl adjacent to an activating group) is 1. The molecule has 1 aliphatic carbocycles. The van der Waals surface area contributed by atoms with E-state index in [1.807, 2.05) is 0 Å². The van der Waals surface area contributed by atoms with Gasteiger partial charge in [-0.15, -0.1) is 0 Å². The number of carbonyl (C=O) groups excluding carboxylic acids is 2. The van der Waals surface area contributed by atoms with E-state index in [1.165, 1.54) is 12.8 Å². The van der Waals surface area contributed by atoms with Crippen molar-refractivity contribution < 1.29 is 14.3 Å². The molecule has 2 aliphatic heterocycles. The number of urea groups is 1. The molecule has 3 aliphatic rings. The van der Waals surface area contributed by atoms with Gasteiger partial charge >= 0.3 is 6.03 Å². The van der Waals surface area contributed by atoms with Gasteiger partial charge < -0.3 is 19.9 Å². The number of rotatable bonds is 3. The maximum absolute atomic E-state index is 12.1. The normalized spacial score (nSPS) is 27.4. The lowest BCUT2D eigenvalue weighted by molar-refractivity contribution is -0.192. The van der Waals surface area contributed by atoms with Crippen molar-refractivity contribution >= 4 is 11.9 Å². The third-order valence-corrected chi connectivity index (χ3v) is 4.83. The minimum absolute atomic E-state index is 0.0241. The molecule has 0 aromatic rings. The van der Waals surface area contributed by atoms with Crippen molar-refractivity contribution in [1.82, 2.24) is 20.0 Å². The molecule has 7 nitrogen and oxygen atoms in total. The topological polar surface area (TPSA) is 65.1 Å².